The summed E-state index contributed by atoms with van der Waals surface area (Å²) in [5, 5.41) is 19.3. The van der Waals surface area contributed by atoms with E-state index >= 15 is 0 Å². The van der Waals surface area contributed by atoms with Crippen LogP contribution in [0, 0.1) is 10.1 Å². The van der Waals surface area contributed by atoms with Crippen LogP contribution in [0.2, 0.25) is 5.28 Å². The van der Waals surface area contributed by atoms with E-state index in [0.717, 1.165) is 6.20 Å². The second-order valence-electron chi connectivity index (χ2n) is 2.75. The molecule has 1 heterocycles. The molecule has 15 heavy (non-hydrogen) atoms. The van der Waals surface area contributed by atoms with Crippen LogP contribution in [-0.2, 0) is 0 Å². The van der Waals surface area contributed by atoms with Crippen LogP contribution in [0.5, 0.6) is 0 Å². The first kappa shape index (κ1) is 11.6. The molecule has 7 nitrogen and oxygen atoms in total. The van der Waals surface area contributed by atoms with Crippen LogP contribution in [0.4, 0.5) is 11.5 Å². The molecule has 0 bridgehead atoms. The molecule has 0 saturated carbocycles. The van der Waals surface area contributed by atoms with Crippen molar-refractivity contribution in [3.63, 3.8) is 0 Å². The molecule has 0 amide bonds. The minimum Gasteiger partial charge on any atom is -0.395 e. The van der Waals surface area contributed by atoms with E-state index in [-0.39, 0.29) is 29.9 Å². The first-order valence-corrected chi connectivity index (χ1v) is 4.43. The first-order valence-electron chi connectivity index (χ1n) is 4.05. The molecule has 0 unspecified atom stereocenters. The van der Waals surface area contributed by atoms with Crippen LogP contribution in [-0.4, -0.2) is 40.2 Å². The summed E-state index contributed by atoms with van der Waals surface area (Å²) in [6.07, 6.45) is 1.04. The predicted octanol–water partition coefficient (Wildman–Crippen LogP) is 0.467. The summed E-state index contributed by atoms with van der Waals surface area (Å²) in [6.45, 7) is 0.101. The number of likely N-dealkylation sites (N-methyl/N-ethyl adjacent to an activating group) is 1. The number of hydrogen-bond acceptors (Lipinski definition) is 6. The van der Waals surface area contributed by atoms with Gasteiger partial charge in [-0.25, -0.2) is 4.98 Å². The van der Waals surface area contributed by atoms with Gasteiger partial charge >= 0.3 is 5.69 Å². The Morgan fingerprint density at radius 2 is 2.40 bits per heavy atom. The minimum absolute atomic E-state index is 0.0691. The molecule has 0 radical (unpaired) electrons. The van der Waals surface area contributed by atoms with Gasteiger partial charge in [0, 0.05) is 13.6 Å². The van der Waals surface area contributed by atoms with Crippen LogP contribution in [0.3, 0.4) is 0 Å². The third kappa shape index (κ3) is 2.74. The normalized spacial score (nSPS) is 10.1. The Bertz CT molecular complexity index is 373. The zero-order valence-corrected chi connectivity index (χ0v) is 8.68. The molecule has 1 aromatic heterocycles. The van der Waals surface area contributed by atoms with Crippen LogP contribution in [0.1, 0.15) is 0 Å². The highest BCUT2D eigenvalue weighted by Crippen LogP contribution is 2.24. The zero-order chi connectivity index (χ0) is 11.4. The van der Waals surface area contributed by atoms with Gasteiger partial charge in [-0.05, 0) is 11.6 Å². The Morgan fingerprint density at radius 3 is 2.93 bits per heavy atom. The molecule has 0 spiro atoms. The van der Waals surface area contributed by atoms with Crippen molar-refractivity contribution in [2.75, 3.05) is 25.1 Å². The molecule has 0 aliphatic heterocycles. The number of aromatic nitrogens is 2. The van der Waals surface area contributed by atoms with Gasteiger partial charge in [-0.2, -0.15) is 4.98 Å². The van der Waals surface area contributed by atoms with E-state index in [4.69, 9.17) is 16.7 Å². The quantitative estimate of drug-likeness (QED) is 0.461. The van der Waals surface area contributed by atoms with E-state index in [0.29, 0.717) is 0 Å². The fourth-order valence-electron chi connectivity index (χ4n) is 1.01. The molecule has 1 rings (SSSR count). The highest BCUT2D eigenvalue weighted by atomic mass is 35.5. The smallest absolute Gasteiger partial charge is 0.329 e. The van der Waals surface area contributed by atoms with E-state index in [1.54, 1.807) is 7.05 Å². The van der Waals surface area contributed by atoms with Gasteiger partial charge in [0.05, 0.1) is 11.5 Å². The van der Waals surface area contributed by atoms with Crippen LogP contribution in [0.15, 0.2) is 6.20 Å². The van der Waals surface area contributed by atoms with Crippen molar-refractivity contribution in [2.45, 2.75) is 0 Å². The van der Waals surface area contributed by atoms with Gasteiger partial charge in [-0.1, -0.05) is 0 Å². The van der Waals surface area contributed by atoms with Gasteiger partial charge in [0.15, 0.2) is 0 Å². The molecule has 8 heteroatoms. The van der Waals surface area contributed by atoms with Crippen molar-refractivity contribution in [3.05, 3.63) is 21.6 Å². The lowest BCUT2D eigenvalue weighted by Crippen LogP contribution is -2.23. The molecule has 1 aromatic rings. The molecule has 0 aliphatic rings. The van der Waals surface area contributed by atoms with E-state index < -0.39 is 4.92 Å². The maximum Gasteiger partial charge on any atom is 0.329 e. The van der Waals surface area contributed by atoms with Crippen LogP contribution >= 0.6 is 11.6 Å². The first-order chi connectivity index (χ1) is 7.06. The van der Waals surface area contributed by atoms with Gasteiger partial charge in [0.2, 0.25) is 11.1 Å². The largest absolute Gasteiger partial charge is 0.395 e. The molecule has 0 fully saturated rings. The van der Waals surface area contributed by atoms with Crippen molar-refractivity contribution in [1.29, 1.82) is 0 Å². The Hall–Kier alpha value is -1.47. The maximum atomic E-state index is 10.6. The summed E-state index contributed by atoms with van der Waals surface area (Å²) in [6, 6.07) is 0. The summed E-state index contributed by atoms with van der Waals surface area (Å²) in [7, 11) is 1.57. The van der Waals surface area contributed by atoms with E-state index in [9.17, 15) is 10.1 Å². The Morgan fingerprint density at radius 1 is 1.73 bits per heavy atom. The Labute approximate surface area is 90.5 Å². The summed E-state index contributed by atoms with van der Waals surface area (Å²) < 4.78 is 0. The van der Waals surface area contributed by atoms with Crippen molar-refractivity contribution in [2.24, 2.45) is 0 Å². The molecular formula is C7H9ClN4O3. The Kier molecular flexibility index (Phi) is 3.75. The Balaban J connectivity index is 3.12. The molecule has 82 valence electrons. The summed E-state index contributed by atoms with van der Waals surface area (Å²) in [5.74, 6) is 0.0917. The SMILES string of the molecule is CN(CCO)c1nc(Cl)ncc1[N+](=O)[O-]. The molecule has 0 aromatic carbocycles. The lowest BCUT2D eigenvalue weighted by atomic mass is 10.4. The average molecular weight is 233 g/mol. The number of aliphatic hydroxyl groups is 1. The predicted molar refractivity (Wildman–Crippen MR) is 54.1 cm³/mol. The van der Waals surface area contributed by atoms with Gasteiger partial charge in [0.1, 0.15) is 6.20 Å². The van der Waals surface area contributed by atoms with Gasteiger partial charge in [-0.15, -0.1) is 0 Å². The number of rotatable bonds is 4. The topological polar surface area (TPSA) is 92.4 Å². The minimum atomic E-state index is -0.598. The monoisotopic (exact) mass is 232 g/mol. The highest BCUT2D eigenvalue weighted by molar-refractivity contribution is 6.28. The second-order valence-corrected chi connectivity index (χ2v) is 3.09. The van der Waals surface area contributed by atoms with Crippen LogP contribution in [0.25, 0.3) is 0 Å². The zero-order valence-electron chi connectivity index (χ0n) is 7.92. The number of halogens is 1. The maximum absolute atomic E-state index is 10.6. The van der Waals surface area contributed by atoms with Crippen molar-refractivity contribution in [3.8, 4) is 0 Å². The molecule has 0 atom stereocenters. The van der Waals surface area contributed by atoms with Gasteiger partial charge in [-0.3, -0.25) is 10.1 Å². The summed E-state index contributed by atoms with van der Waals surface area (Å²) in [5.41, 5.74) is -0.240. The van der Waals surface area contributed by atoms with Crippen molar-refractivity contribution < 1.29 is 10.0 Å². The van der Waals surface area contributed by atoms with Crippen molar-refractivity contribution in [1.82, 2.24) is 9.97 Å². The summed E-state index contributed by atoms with van der Waals surface area (Å²) >= 11 is 5.53. The fraction of sp³-hybridized carbons (Fsp3) is 0.429. The fourth-order valence-corrected chi connectivity index (χ4v) is 1.14. The van der Waals surface area contributed by atoms with E-state index in [1.165, 1.54) is 4.90 Å². The molecule has 0 aliphatic carbocycles. The lowest BCUT2D eigenvalue weighted by Gasteiger charge is -2.15. The number of hydrogen-bond donors (Lipinski definition) is 1. The second kappa shape index (κ2) is 4.85. The van der Waals surface area contributed by atoms with Gasteiger partial charge in [0.25, 0.3) is 0 Å². The molecular weight excluding hydrogens is 224 g/mol. The highest BCUT2D eigenvalue weighted by Gasteiger charge is 2.19. The van der Waals surface area contributed by atoms with Crippen molar-refractivity contribution >= 4 is 23.1 Å². The number of aliphatic hydroxyl groups excluding tert-OH is 1. The third-order valence-electron chi connectivity index (χ3n) is 1.71. The number of anilines is 1. The van der Waals surface area contributed by atoms with E-state index in [1.807, 2.05) is 0 Å². The van der Waals surface area contributed by atoms with Gasteiger partial charge < -0.3 is 10.0 Å². The third-order valence-corrected chi connectivity index (χ3v) is 1.90. The summed E-state index contributed by atoms with van der Waals surface area (Å²) in [4.78, 5) is 18.7. The number of nitro groups is 1. The van der Waals surface area contributed by atoms with Crippen LogP contribution < -0.4 is 4.90 Å². The number of nitrogens with zero attached hydrogens (tertiary/aromatic N) is 4. The molecule has 1 N–H and O–H groups in total. The van der Waals surface area contributed by atoms with E-state index in [2.05, 4.69) is 9.97 Å². The lowest BCUT2D eigenvalue weighted by molar-refractivity contribution is -0.384. The molecule has 0 saturated heterocycles. The average Bonchev–Trinajstić information content (AvgIpc) is 2.17. The standard InChI is InChI=1S/C7H9ClN4O3/c1-11(2-3-13)6-5(12(14)15)4-9-7(8)10-6/h4,13H,2-3H2,1H3.